The number of imidazole rings is 1. The average molecular weight is 456 g/mol. The zero-order valence-electron chi connectivity index (χ0n) is 16.4. The van der Waals surface area contributed by atoms with E-state index in [9.17, 15) is 13.2 Å². The van der Waals surface area contributed by atoms with E-state index in [1.807, 2.05) is 6.07 Å². The molecule has 2 atom stereocenters. The SMILES string of the molecule is C[C@H]1CCN([C@@H]2[CH-]c3ccccc3OC2)C1.FC(F)(F)c1nc2ccc[c-]c2[nH]1.[Mn+2]. The molecule has 1 radical (unpaired) electrons. The number of para-hydroxylation sites is 2. The van der Waals surface area contributed by atoms with Gasteiger partial charge in [-0.1, -0.05) is 19.1 Å². The molecule has 1 aromatic heterocycles. The van der Waals surface area contributed by atoms with Gasteiger partial charge in [0.1, 0.15) is 0 Å². The predicted molar refractivity (Wildman–Crippen MR) is 104 cm³/mol. The molecule has 0 unspecified atom stereocenters. The third-order valence-corrected chi connectivity index (χ3v) is 5.20. The number of alkyl halides is 3. The first-order chi connectivity index (χ1) is 13.9. The van der Waals surface area contributed by atoms with Crippen LogP contribution >= 0.6 is 0 Å². The quantitative estimate of drug-likeness (QED) is 0.426. The molecule has 1 fully saturated rings. The molecule has 5 rings (SSSR count). The summed E-state index contributed by atoms with van der Waals surface area (Å²) >= 11 is 0. The molecule has 1 N–H and O–H groups in total. The molecule has 2 aliphatic heterocycles. The minimum absolute atomic E-state index is 0. The number of hydrogen-bond acceptors (Lipinski definition) is 3. The Hall–Kier alpha value is -2.15. The number of rotatable bonds is 1. The molecule has 30 heavy (non-hydrogen) atoms. The van der Waals surface area contributed by atoms with E-state index in [4.69, 9.17) is 4.74 Å². The number of fused-ring (bicyclic) bond motifs is 2. The van der Waals surface area contributed by atoms with Crippen LogP contribution < -0.4 is 4.74 Å². The molecule has 0 bridgehead atoms. The van der Waals surface area contributed by atoms with E-state index in [2.05, 4.69) is 52.5 Å². The molecule has 3 aromatic rings. The number of nitrogens with zero attached hydrogens (tertiary/aromatic N) is 2. The second-order valence-electron chi connectivity index (χ2n) is 7.49. The molecule has 0 saturated carbocycles. The number of aromatic nitrogens is 2. The van der Waals surface area contributed by atoms with Crippen molar-refractivity contribution in [2.75, 3.05) is 19.7 Å². The van der Waals surface area contributed by atoms with Crippen LogP contribution in [0, 0.1) is 18.4 Å². The van der Waals surface area contributed by atoms with Crippen molar-refractivity contribution < 1.29 is 35.0 Å². The minimum Gasteiger partial charge on any atom is -0.550 e. The van der Waals surface area contributed by atoms with Crippen LogP contribution in [0.2, 0.25) is 0 Å². The van der Waals surface area contributed by atoms with Crippen molar-refractivity contribution in [3.05, 3.63) is 66.3 Å². The zero-order chi connectivity index (χ0) is 20.4. The maximum Gasteiger partial charge on any atom is 2.00 e. The van der Waals surface area contributed by atoms with Crippen LogP contribution in [0.4, 0.5) is 13.2 Å². The Balaban J connectivity index is 0.000000169. The number of benzene rings is 2. The fourth-order valence-electron chi connectivity index (χ4n) is 3.68. The number of halogens is 3. The van der Waals surface area contributed by atoms with Crippen LogP contribution in [0.1, 0.15) is 24.7 Å². The van der Waals surface area contributed by atoms with Crippen molar-refractivity contribution in [1.82, 2.24) is 14.9 Å². The van der Waals surface area contributed by atoms with Gasteiger partial charge in [0.25, 0.3) is 0 Å². The van der Waals surface area contributed by atoms with E-state index in [-0.39, 0.29) is 28.1 Å². The molecule has 2 aromatic carbocycles. The predicted octanol–water partition coefficient (Wildman–Crippen LogP) is 4.72. The maximum atomic E-state index is 12.1. The molecule has 159 valence electrons. The van der Waals surface area contributed by atoms with Crippen molar-refractivity contribution in [2.45, 2.75) is 25.6 Å². The van der Waals surface area contributed by atoms with Gasteiger partial charge in [-0.25, -0.2) is 0 Å². The number of H-pyrrole nitrogens is 1. The van der Waals surface area contributed by atoms with Crippen LogP contribution in [0.5, 0.6) is 5.75 Å². The van der Waals surface area contributed by atoms with Gasteiger partial charge in [0.05, 0.1) is 6.61 Å². The van der Waals surface area contributed by atoms with Crippen LogP contribution in [-0.4, -0.2) is 40.6 Å². The van der Waals surface area contributed by atoms with E-state index in [1.165, 1.54) is 37.2 Å². The Bertz CT molecular complexity index is 942. The summed E-state index contributed by atoms with van der Waals surface area (Å²) in [5.74, 6) is 0.890. The van der Waals surface area contributed by atoms with E-state index >= 15 is 0 Å². The minimum atomic E-state index is -4.42. The fourth-order valence-corrected chi connectivity index (χ4v) is 3.68. The number of nitrogens with one attached hydrogen (secondary N) is 1. The molecule has 2 aliphatic rings. The monoisotopic (exact) mass is 456 g/mol. The fraction of sp³-hybridized carbons (Fsp3) is 0.364. The van der Waals surface area contributed by atoms with Crippen molar-refractivity contribution >= 4 is 11.0 Å². The van der Waals surface area contributed by atoms with Gasteiger partial charge in [0, 0.05) is 18.3 Å². The van der Waals surface area contributed by atoms with E-state index < -0.39 is 12.0 Å². The van der Waals surface area contributed by atoms with Crippen LogP contribution in [0.25, 0.3) is 11.0 Å². The first kappa shape index (κ1) is 22.5. The molecule has 1 saturated heterocycles. The van der Waals surface area contributed by atoms with Gasteiger partial charge in [-0.15, -0.1) is 17.7 Å². The molecule has 0 amide bonds. The van der Waals surface area contributed by atoms with Crippen LogP contribution in [0.3, 0.4) is 0 Å². The largest absolute Gasteiger partial charge is 2.00 e. The summed E-state index contributed by atoms with van der Waals surface area (Å²) in [7, 11) is 0. The molecule has 3 heterocycles. The Morgan fingerprint density at radius 1 is 1.23 bits per heavy atom. The second-order valence-corrected chi connectivity index (χ2v) is 7.49. The first-order valence-corrected chi connectivity index (χ1v) is 9.64. The molecule has 0 aliphatic carbocycles. The van der Waals surface area contributed by atoms with Gasteiger partial charge in [-0.2, -0.15) is 43.9 Å². The van der Waals surface area contributed by atoms with Crippen molar-refractivity contribution in [2.24, 2.45) is 5.92 Å². The molecule has 0 spiro atoms. The number of aromatic amines is 1. The zero-order valence-corrected chi connectivity index (χ0v) is 17.6. The number of likely N-dealkylation sites (tertiary alicyclic amines) is 1. The first-order valence-electron chi connectivity index (χ1n) is 9.64. The summed E-state index contributed by atoms with van der Waals surface area (Å²) < 4.78 is 42.2. The topological polar surface area (TPSA) is 41.1 Å². The summed E-state index contributed by atoms with van der Waals surface area (Å²) in [5, 5.41) is 0. The summed E-state index contributed by atoms with van der Waals surface area (Å²) in [6.45, 7) is 5.57. The van der Waals surface area contributed by atoms with Crippen molar-refractivity contribution in [3.8, 4) is 5.75 Å². The Morgan fingerprint density at radius 3 is 2.73 bits per heavy atom. The summed E-state index contributed by atoms with van der Waals surface area (Å²) in [6.07, 6.45) is -0.740. The van der Waals surface area contributed by atoms with Gasteiger partial charge >= 0.3 is 23.2 Å². The molecule has 4 nitrogen and oxygen atoms in total. The van der Waals surface area contributed by atoms with E-state index in [0.29, 0.717) is 6.04 Å². The van der Waals surface area contributed by atoms with Gasteiger partial charge < -0.3 is 14.6 Å². The number of ether oxygens (including phenoxy) is 1. The van der Waals surface area contributed by atoms with Crippen LogP contribution in [-0.2, 0) is 23.2 Å². The Kier molecular flexibility index (Phi) is 7.01. The van der Waals surface area contributed by atoms with Crippen molar-refractivity contribution in [1.29, 1.82) is 0 Å². The van der Waals surface area contributed by atoms with Gasteiger partial charge in [0.15, 0.2) is 5.82 Å². The third kappa shape index (κ3) is 5.12. The molecular formula is C22H22F3MnN3O. The average Bonchev–Trinajstić information content (AvgIpc) is 3.34. The maximum absolute atomic E-state index is 12.1. The molecule has 8 heteroatoms. The van der Waals surface area contributed by atoms with Gasteiger partial charge in [0.2, 0.25) is 0 Å². The second kappa shape index (κ2) is 9.33. The summed E-state index contributed by atoms with van der Waals surface area (Å²) in [6, 6.07) is 16.0. The Labute approximate surface area is 184 Å². The van der Waals surface area contributed by atoms with E-state index in [0.717, 1.165) is 18.3 Å². The standard InChI is InChI=1S/C14H18NO.C8H4F3N2.Mn/c1-11-6-7-15(9-11)13-8-12-4-2-3-5-14(12)16-10-13;9-8(10,11)7-12-5-3-1-2-4-6(5)13-7;/h2-5,8,11,13H,6-7,9-10H2,1H3;1-3H,(H,12,13);/q2*-1;+2/t11-,13+;;/m0../s1. The van der Waals surface area contributed by atoms with Crippen molar-refractivity contribution in [3.63, 3.8) is 0 Å². The number of hydrogen-bond donors (Lipinski definition) is 1. The van der Waals surface area contributed by atoms with Gasteiger partial charge in [-0.3, -0.25) is 4.98 Å². The third-order valence-electron chi connectivity index (χ3n) is 5.20. The normalized spacial score (nSPS) is 20.9. The summed E-state index contributed by atoms with van der Waals surface area (Å²) in [4.78, 5) is 8.06. The Morgan fingerprint density at radius 2 is 2.03 bits per heavy atom. The van der Waals surface area contributed by atoms with Gasteiger partial charge in [-0.05, 0) is 29.9 Å². The van der Waals surface area contributed by atoms with E-state index in [1.54, 1.807) is 6.07 Å². The smallest absolute Gasteiger partial charge is 0.550 e. The summed E-state index contributed by atoms with van der Waals surface area (Å²) in [5.41, 5.74) is 1.79. The van der Waals surface area contributed by atoms with Crippen LogP contribution in [0.15, 0.2) is 42.5 Å². The molecular weight excluding hydrogens is 434 g/mol.